The molecule has 2 nitrogen and oxygen atoms in total. The topological polar surface area (TPSA) is 26.3 Å². The minimum absolute atomic E-state index is 0.00456. The standard InChI is InChI=1S/C50H80O2/c1-10-11-12-13-14-15-16-17-18-19-20-21-22-23-24-25-26-30-46(51)52-45-35-36-48(7)42-34-38-49(8)41(40(4)29-27-28-39(2)3)33-37-50(49,9)43(42)31-32-44(48)47(45,5)6/h14-15,17-18,20-21,23-24,28,40-41,44-45H,10-13,16,19,22,25-27,29-38H2,1-9H3/t40-,41-,44?,45?,48-,49+,50+/m1/s1. The quantitative estimate of drug-likeness (QED) is 0.0757. The fourth-order valence-electron chi connectivity index (χ4n) is 11.8. The number of unbranched alkanes of at least 4 members (excludes halogenated alkanes) is 4. The Morgan fingerprint density at radius 1 is 0.750 bits per heavy atom. The van der Waals surface area contributed by atoms with Crippen LogP contribution in [0.1, 0.15) is 191 Å². The van der Waals surface area contributed by atoms with Crippen molar-refractivity contribution in [1.82, 2.24) is 0 Å². The first kappa shape index (κ1) is 42.6. The van der Waals surface area contributed by atoms with E-state index in [4.69, 9.17) is 4.74 Å². The normalized spacial score (nSPS) is 32.1. The van der Waals surface area contributed by atoms with Gasteiger partial charge in [-0.2, -0.15) is 0 Å². The average molecular weight is 713 g/mol. The predicted molar refractivity (Wildman–Crippen MR) is 225 cm³/mol. The maximum absolute atomic E-state index is 13.1. The van der Waals surface area contributed by atoms with Gasteiger partial charge in [-0.05, 0) is 157 Å². The molecule has 4 rings (SSSR count). The molecule has 0 radical (unpaired) electrons. The summed E-state index contributed by atoms with van der Waals surface area (Å²) in [7, 11) is 0. The molecule has 7 atom stereocenters. The molecule has 2 saturated carbocycles. The number of carbonyl (C=O) groups is 1. The zero-order valence-electron chi connectivity index (χ0n) is 35.5. The third-order valence-electron chi connectivity index (χ3n) is 15.1. The lowest BCUT2D eigenvalue weighted by Gasteiger charge is -2.62. The summed E-state index contributed by atoms with van der Waals surface area (Å²) in [6.45, 7) is 22.1. The van der Waals surface area contributed by atoms with Gasteiger partial charge in [0, 0.05) is 11.8 Å². The van der Waals surface area contributed by atoms with Gasteiger partial charge in [-0.3, -0.25) is 4.79 Å². The first-order chi connectivity index (χ1) is 24.8. The van der Waals surface area contributed by atoms with E-state index in [-0.39, 0.29) is 22.9 Å². The van der Waals surface area contributed by atoms with Crippen LogP contribution in [0.5, 0.6) is 0 Å². The lowest BCUT2D eigenvalue weighted by Crippen LogP contribution is -2.55. The summed E-state index contributed by atoms with van der Waals surface area (Å²) < 4.78 is 6.35. The molecule has 0 amide bonds. The second-order valence-electron chi connectivity index (χ2n) is 19.0. The Kier molecular flexibility index (Phi) is 16.0. The lowest BCUT2D eigenvalue weighted by atomic mass is 9.43. The Labute approximate surface area is 322 Å². The molecule has 0 bridgehead atoms. The summed E-state index contributed by atoms with van der Waals surface area (Å²) in [5.41, 5.74) is 6.13. The van der Waals surface area contributed by atoms with Crippen molar-refractivity contribution in [2.75, 3.05) is 0 Å². The van der Waals surface area contributed by atoms with Crippen molar-refractivity contribution in [1.29, 1.82) is 0 Å². The van der Waals surface area contributed by atoms with Crippen molar-refractivity contribution in [2.24, 2.45) is 39.4 Å². The Hall–Kier alpha value is -2.09. The van der Waals surface area contributed by atoms with Crippen LogP contribution in [0, 0.1) is 39.4 Å². The monoisotopic (exact) mass is 713 g/mol. The summed E-state index contributed by atoms with van der Waals surface area (Å²) in [5.74, 6) is 2.19. The van der Waals surface area contributed by atoms with Gasteiger partial charge in [-0.1, -0.05) is 133 Å². The van der Waals surface area contributed by atoms with E-state index in [2.05, 4.69) is 117 Å². The second kappa shape index (κ2) is 19.5. The fourth-order valence-corrected chi connectivity index (χ4v) is 11.8. The zero-order valence-corrected chi connectivity index (χ0v) is 35.5. The van der Waals surface area contributed by atoms with E-state index in [0.29, 0.717) is 23.2 Å². The van der Waals surface area contributed by atoms with Crippen molar-refractivity contribution in [3.8, 4) is 0 Å². The molecule has 0 aromatic rings. The van der Waals surface area contributed by atoms with Crippen LogP contribution in [-0.2, 0) is 9.53 Å². The van der Waals surface area contributed by atoms with E-state index in [9.17, 15) is 4.79 Å². The number of rotatable bonds is 19. The molecule has 4 aliphatic carbocycles. The Morgan fingerprint density at radius 2 is 1.38 bits per heavy atom. The van der Waals surface area contributed by atoms with E-state index >= 15 is 0 Å². The number of carbonyl (C=O) groups excluding carboxylic acids is 1. The van der Waals surface area contributed by atoms with Crippen molar-refractivity contribution in [3.05, 3.63) is 71.4 Å². The van der Waals surface area contributed by atoms with Crippen LogP contribution in [-0.4, -0.2) is 12.1 Å². The number of hydrogen-bond acceptors (Lipinski definition) is 2. The Balaban J connectivity index is 1.23. The molecule has 52 heavy (non-hydrogen) atoms. The molecule has 0 N–H and O–H groups in total. The minimum Gasteiger partial charge on any atom is -0.462 e. The number of esters is 1. The van der Waals surface area contributed by atoms with E-state index in [1.165, 1.54) is 82.6 Å². The minimum atomic E-state index is -0.00707. The van der Waals surface area contributed by atoms with Gasteiger partial charge < -0.3 is 4.74 Å². The molecular weight excluding hydrogens is 633 g/mol. The first-order valence-electron chi connectivity index (χ1n) is 22.0. The third kappa shape index (κ3) is 9.96. The number of fused-ring (bicyclic) bond motifs is 4. The number of hydrogen-bond donors (Lipinski definition) is 0. The van der Waals surface area contributed by atoms with Crippen LogP contribution in [0.25, 0.3) is 0 Å². The van der Waals surface area contributed by atoms with Crippen molar-refractivity contribution in [3.63, 3.8) is 0 Å². The maximum atomic E-state index is 13.1. The van der Waals surface area contributed by atoms with Crippen molar-refractivity contribution in [2.45, 2.75) is 197 Å². The highest BCUT2D eigenvalue weighted by molar-refractivity contribution is 5.69. The van der Waals surface area contributed by atoms with Crippen LogP contribution >= 0.6 is 0 Å². The van der Waals surface area contributed by atoms with Gasteiger partial charge >= 0.3 is 5.97 Å². The smallest absolute Gasteiger partial charge is 0.306 e. The number of allylic oxidation sites excluding steroid dienone is 12. The summed E-state index contributed by atoms with van der Waals surface area (Å²) in [6.07, 6.45) is 43.6. The van der Waals surface area contributed by atoms with Gasteiger partial charge in [0.05, 0.1) is 0 Å². The third-order valence-corrected chi connectivity index (χ3v) is 15.1. The summed E-state index contributed by atoms with van der Waals surface area (Å²) in [4.78, 5) is 13.1. The van der Waals surface area contributed by atoms with Gasteiger partial charge in [-0.25, -0.2) is 0 Å². The van der Waals surface area contributed by atoms with Crippen LogP contribution in [0.2, 0.25) is 0 Å². The van der Waals surface area contributed by atoms with Crippen LogP contribution in [0.15, 0.2) is 71.4 Å². The molecule has 2 heteroatoms. The largest absolute Gasteiger partial charge is 0.462 e. The van der Waals surface area contributed by atoms with E-state index in [1.807, 2.05) is 11.1 Å². The Bertz CT molecular complexity index is 1330. The molecule has 2 unspecified atom stereocenters. The van der Waals surface area contributed by atoms with Gasteiger partial charge in [0.25, 0.3) is 0 Å². The van der Waals surface area contributed by atoms with E-state index < -0.39 is 0 Å². The van der Waals surface area contributed by atoms with Crippen molar-refractivity contribution >= 4 is 5.97 Å². The average Bonchev–Trinajstić information content (AvgIpc) is 3.38. The van der Waals surface area contributed by atoms with Gasteiger partial charge in [-0.15, -0.1) is 0 Å². The molecule has 0 aromatic heterocycles. The second-order valence-corrected chi connectivity index (χ2v) is 19.0. The summed E-state index contributed by atoms with van der Waals surface area (Å²) in [6, 6.07) is 0. The zero-order chi connectivity index (χ0) is 37.8. The molecule has 292 valence electrons. The summed E-state index contributed by atoms with van der Waals surface area (Å²) >= 11 is 0. The van der Waals surface area contributed by atoms with Crippen LogP contribution in [0.4, 0.5) is 0 Å². The summed E-state index contributed by atoms with van der Waals surface area (Å²) in [5, 5.41) is 0. The molecule has 0 spiro atoms. The highest BCUT2D eigenvalue weighted by Crippen LogP contribution is 2.72. The molecule has 0 aromatic carbocycles. The fraction of sp³-hybridized carbons (Fsp3) is 0.740. The van der Waals surface area contributed by atoms with Crippen LogP contribution in [0.3, 0.4) is 0 Å². The van der Waals surface area contributed by atoms with Gasteiger partial charge in [0.1, 0.15) is 6.10 Å². The highest BCUT2D eigenvalue weighted by Gasteiger charge is 2.63. The van der Waals surface area contributed by atoms with E-state index in [1.54, 1.807) is 0 Å². The molecule has 0 heterocycles. The first-order valence-corrected chi connectivity index (χ1v) is 22.0. The van der Waals surface area contributed by atoms with E-state index in [0.717, 1.165) is 56.8 Å². The van der Waals surface area contributed by atoms with Crippen molar-refractivity contribution < 1.29 is 9.53 Å². The Morgan fingerprint density at radius 3 is 2.02 bits per heavy atom. The van der Waals surface area contributed by atoms with Gasteiger partial charge in [0.2, 0.25) is 0 Å². The highest BCUT2D eigenvalue weighted by atomic mass is 16.5. The molecule has 4 aliphatic rings. The van der Waals surface area contributed by atoms with Gasteiger partial charge in [0.15, 0.2) is 0 Å². The lowest BCUT2D eigenvalue weighted by molar-refractivity contribution is -0.169. The van der Waals surface area contributed by atoms with Crippen LogP contribution < -0.4 is 0 Å². The molecular formula is C50H80O2. The molecule has 0 saturated heterocycles. The molecule has 0 aliphatic heterocycles. The number of ether oxygens (including phenoxy) is 1. The maximum Gasteiger partial charge on any atom is 0.306 e. The molecule has 2 fully saturated rings. The SMILES string of the molecule is CCCCCC=CCC=CCC=CCC=CCCCC(=O)OC1CC[C@]2(C)C3=C(CCC2C1(C)C)[C@]1(C)CC[C@H]([C@H](C)CCC=C(C)C)[C@]1(C)CC3. The predicted octanol–water partition coefficient (Wildman–Crippen LogP) is 15.2.